The van der Waals surface area contributed by atoms with E-state index in [0.29, 0.717) is 11.7 Å². The van der Waals surface area contributed by atoms with E-state index in [-0.39, 0.29) is 11.9 Å². The molecule has 1 N–H and O–H groups in total. The smallest absolute Gasteiger partial charge is 0.220 e. The van der Waals surface area contributed by atoms with Crippen LogP contribution in [0.5, 0.6) is 0 Å². The Morgan fingerprint density at radius 2 is 1.96 bits per heavy atom. The molecular weight excluding hydrogens is 306 g/mol. The first kappa shape index (κ1) is 17.6. The Labute approximate surface area is 142 Å². The molecule has 0 aliphatic heterocycles. The van der Waals surface area contributed by atoms with Gasteiger partial charge in [-0.1, -0.05) is 26.0 Å². The van der Waals surface area contributed by atoms with Gasteiger partial charge in [-0.05, 0) is 36.6 Å². The molecule has 1 aromatic heterocycles. The molecule has 0 aliphatic carbocycles. The van der Waals surface area contributed by atoms with E-state index in [9.17, 15) is 4.79 Å². The van der Waals surface area contributed by atoms with Crippen molar-refractivity contribution >= 4 is 17.7 Å². The molecule has 0 radical (unpaired) electrons. The molecule has 0 saturated carbocycles. The first-order chi connectivity index (χ1) is 10.9. The zero-order valence-corrected chi connectivity index (χ0v) is 15.1. The van der Waals surface area contributed by atoms with Crippen molar-refractivity contribution in [3.05, 3.63) is 47.8 Å². The van der Waals surface area contributed by atoms with Crippen LogP contribution >= 0.6 is 11.8 Å². The molecule has 1 atom stereocenters. The molecule has 2 aromatic rings. The van der Waals surface area contributed by atoms with Crippen molar-refractivity contribution in [1.29, 1.82) is 0 Å². The normalized spacial score (nSPS) is 12.4. The number of aryl methyl sites for hydroxylation is 2. The van der Waals surface area contributed by atoms with Crippen LogP contribution in [0.2, 0.25) is 0 Å². The number of thioether (sulfide) groups is 1. The minimum Gasteiger partial charge on any atom is -0.350 e. The molecule has 0 fully saturated rings. The molecule has 124 valence electrons. The number of aromatic nitrogens is 2. The van der Waals surface area contributed by atoms with Gasteiger partial charge in [0.1, 0.15) is 0 Å². The zero-order valence-electron chi connectivity index (χ0n) is 14.2. The molecule has 0 aliphatic rings. The van der Waals surface area contributed by atoms with Gasteiger partial charge in [0.25, 0.3) is 0 Å². The van der Waals surface area contributed by atoms with E-state index >= 15 is 0 Å². The lowest BCUT2D eigenvalue weighted by Crippen LogP contribution is -2.26. The van der Waals surface area contributed by atoms with Gasteiger partial charge in [0.2, 0.25) is 5.91 Å². The molecule has 0 saturated heterocycles. The van der Waals surface area contributed by atoms with E-state index in [4.69, 9.17) is 0 Å². The minimum atomic E-state index is 0.0227. The van der Waals surface area contributed by atoms with E-state index < -0.39 is 0 Å². The third-order valence-corrected chi connectivity index (χ3v) is 4.54. The van der Waals surface area contributed by atoms with Gasteiger partial charge in [0, 0.05) is 29.8 Å². The Balaban J connectivity index is 1.83. The van der Waals surface area contributed by atoms with Gasteiger partial charge in [-0.15, -0.1) is 11.8 Å². The molecule has 1 amide bonds. The lowest BCUT2D eigenvalue weighted by atomic mass is 10.1. The van der Waals surface area contributed by atoms with Crippen LogP contribution < -0.4 is 5.32 Å². The maximum Gasteiger partial charge on any atom is 0.220 e. The summed E-state index contributed by atoms with van der Waals surface area (Å²) in [6, 6.07) is 8.46. The molecule has 4 nitrogen and oxygen atoms in total. The Kier molecular flexibility index (Phi) is 6.28. The predicted octanol–water partition coefficient (Wildman–Crippen LogP) is 3.73. The van der Waals surface area contributed by atoms with Crippen molar-refractivity contribution < 1.29 is 4.79 Å². The highest BCUT2D eigenvalue weighted by atomic mass is 32.2. The van der Waals surface area contributed by atoms with Crippen LogP contribution in [-0.2, 0) is 18.3 Å². The Morgan fingerprint density at radius 1 is 1.26 bits per heavy atom. The fraction of sp³-hybridized carbons (Fsp3) is 0.444. The van der Waals surface area contributed by atoms with Crippen molar-refractivity contribution in [3.8, 4) is 0 Å². The lowest BCUT2D eigenvalue weighted by Gasteiger charge is -2.15. The summed E-state index contributed by atoms with van der Waals surface area (Å²) >= 11 is 1.85. The summed E-state index contributed by atoms with van der Waals surface area (Å²) in [5.74, 6) is 0.0713. The number of benzene rings is 1. The van der Waals surface area contributed by atoms with Crippen molar-refractivity contribution in [2.75, 3.05) is 0 Å². The van der Waals surface area contributed by atoms with E-state index in [0.717, 1.165) is 17.5 Å². The van der Waals surface area contributed by atoms with Crippen LogP contribution in [0.15, 0.2) is 41.6 Å². The molecule has 2 rings (SSSR count). The van der Waals surface area contributed by atoms with Crippen LogP contribution in [0.3, 0.4) is 0 Å². The van der Waals surface area contributed by atoms with Crippen LogP contribution in [0.25, 0.3) is 0 Å². The lowest BCUT2D eigenvalue weighted by molar-refractivity contribution is -0.121. The number of rotatable bonds is 7. The SMILES string of the molecule is CC(C)Sc1ccc([C@@H](C)NC(=O)CCc2cnn(C)c2)cc1. The quantitative estimate of drug-likeness (QED) is 0.786. The first-order valence-corrected chi connectivity index (χ1v) is 8.85. The van der Waals surface area contributed by atoms with Gasteiger partial charge in [0.15, 0.2) is 0 Å². The maximum absolute atomic E-state index is 12.1. The van der Waals surface area contributed by atoms with Gasteiger partial charge >= 0.3 is 0 Å². The topological polar surface area (TPSA) is 46.9 Å². The molecule has 0 spiro atoms. The van der Waals surface area contributed by atoms with Crippen LogP contribution in [0.4, 0.5) is 0 Å². The summed E-state index contributed by atoms with van der Waals surface area (Å²) < 4.78 is 1.76. The predicted molar refractivity (Wildman–Crippen MR) is 95.5 cm³/mol. The van der Waals surface area contributed by atoms with E-state index in [2.05, 4.69) is 48.5 Å². The Morgan fingerprint density at radius 3 is 2.52 bits per heavy atom. The second kappa shape index (κ2) is 8.20. The summed E-state index contributed by atoms with van der Waals surface area (Å²) in [4.78, 5) is 13.3. The highest BCUT2D eigenvalue weighted by Gasteiger charge is 2.10. The van der Waals surface area contributed by atoms with Crippen LogP contribution in [-0.4, -0.2) is 20.9 Å². The second-order valence-corrected chi connectivity index (χ2v) is 7.70. The number of hydrogen-bond donors (Lipinski definition) is 1. The largest absolute Gasteiger partial charge is 0.350 e. The summed E-state index contributed by atoms with van der Waals surface area (Å²) in [7, 11) is 1.88. The number of hydrogen-bond acceptors (Lipinski definition) is 3. The molecule has 1 aromatic carbocycles. The van der Waals surface area contributed by atoms with E-state index in [1.807, 2.05) is 38.1 Å². The summed E-state index contributed by atoms with van der Waals surface area (Å²) in [5, 5.41) is 7.75. The van der Waals surface area contributed by atoms with Crippen LogP contribution in [0, 0.1) is 0 Å². The average molecular weight is 331 g/mol. The van der Waals surface area contributed by atoms with E-state index in [1.165, 1.54) is 4.90 Å². The number of carbonyl (C=O) groups is 1. The Bertz CT molecular complexity index is 634. The summed E-state index contributed by atoms with van der Waals surface area (Å²) in [6.07, 6.45) is 4.96. The number of carbonyl (C=O) groups excluding carboxylic acids is 1. The van der Waals surface area contributed by atoms with E-state index in [1.54, 1.807) is 4.68 Å². The average Bonchev–Trinajstić information content (AvgIpc) is 2.91. The summed E-state index contributed by atoms with van der Waals surface area (Å²) in [5.41, 5.74) is 2.22. The highest BCUT2D eigenvalue weighted by Crippen LogP contribution is 2.24. The van der Waals surface area contributed by atoms with Crippen LogP contribution in [0.1, 0.15) is 44.4 Å². The standard InChI is InChI=1S/C18H25N3OS/c1-13(2)23-17-8-6-16(7-9-17)14(3)20-18(22)10-5-15-11-19-21(4)12-15/h6-9,11-14H,5,10H2,1-4H3,(H,20,22)/t14-/m1/s1. The molecular formula is C18H25N3OS. The zero-order chi connectivity index (χ0) is 16.8. The van der Waals surface area contributed by atoms with Gasteiger partial charge in [-0.2, -0.15) is 5.10 Å². The second-order valence-electron chi connectivity index (χ2n) is 6.05. The van der Waals surface area contributed by atoms with Crippen molar-refractivity contribution in [2.45, 2.75) is 49.8 Å². The van der Waals surface area contributed by atoms with Gasteiger partial charge in [0.05, 0.1) is 12.2 Å². The van der Waals surface area contributed by atoms with Crippen molar-refractivity contribution in [1.82, 2.24) is 15.1 Å². The third kappa shape index (κ3) is 5.75. The number of nitrogens with zero attached hydrogens (tertiary/aromatic N) is 2. The molecule has 0 unspecified atom stereocenters. The van der Waals surface area contributed by atoms with Crippen molar-refractivity contribution in [3.63, 3.8) is 0 Å². The Hall–Kier alpha value is -1.75. The van der Waals surface area contributed by atoms with Gasteiger partial charge < -0.3 is 5.32 Å². The molecule has 5 heteroatoms. The number of amides is 1. The number of nitrogens with one attached hydrogen (secondary N) is 1. The van der Waals surface area contributed by atoms with Gasteiger partial charge in [-0.25, -0.2) is 0 Å². The highest BCUT2D eigenvalue weighted by molar-refractivity contribution is 7.99. The minimum absolute atomic E-state index is 0.0227. The maximum atomic E-state index is 12.1. The first-order valence-electron chi connectivity index (χ1n) is 7.97. The molecule has 1 heterocycles. The fourth-order valence-electron chi connectivity index (χ4n) is 2.36. The fourth-order valence-corrected chi connectivity index (χ4v) is 3.20. The van der Waals surface area contributed by atoms with Gasteiger partial charge in [-0.3, -0.25) is 9.48 Å². The van der Waals surface area contributed by atoms with Crippen molar-refractivity contribution in [2.24, 2.45) is 7.05 Å². The summed E-state index contributed by atoms with van der Waals surface area (Å²) in [6.45, 7) is 6.39. The molecule has 0 bridgehead atoms. The molecule has 23 heavy (non-hydrogen) atoms. The third-order valence-electron chi connectivity index (χ3n) is 3.53. The monoisotopic (exact) mass is 331 g/mol.